The molecule has 2 unspecified atom stereocenters. The summed E-state index contributed by atoms with van der Waals surface area (Å²) in [7, 11) is -0.840. The largest absolute Gasteiger partial charge is 0.256 e. The van der Waals surface area contributed by atoms with Crippen molar-refractivity contribution in [3.05, 3.63) is 59.1 Å². The lowest BCUT2D eigenvalue weighted by molar-refractivity contribution is 0.525. The van der Waals surface area contributed by atoms with Crippen molar-refractivity contribution in [2.24, 2.45) is 0 Å². The normalized spacial score (nSPS) is 20.9. The summed E-state index contributed by atoms with van der Waals surface area (Å²) in [5, 5.41) is 5.99. The van der Waals surface area contributed by atoms with Gasteiger partial charge in [0.25, 0.3) is 0 Å². The molecule has 0 amide bonds. The molecule has 8 heteroatoms. The molecule has 30 heavy (non-hydrogen) atoms. The average Bonchev–Trinajstić information content (AvgIpc) is 3.36. The quantitative estimate of drug-likeness (QED) is 0.435. The number of aromatic nitrogens is 4. The first-order valence-electron chi connectivity index (χ1n) is 10.2. The van der Waals surface area contributed by atoms with Crippen LogP contribution in [0.3, 0.4) is 0 Å². The lowest BCUT2D eigenvalue weighted by atomic mass is 10.0. The van der Waals surface area contributed by atoms with E-state index in [1.165, 1.54) is 0 Å². The number of hydrogen-bond donors (Lipinski definition) is 0. The van der Waals surface area contributed by atoms with Gasteiger partial charge in [0.2, 0.25) is 0 Å². The average molecular weight is 482 g/mol. The number of benzene rings is 1. The monoisotopic (exact) mass is 481 g/mol. The van der Waals surface area contributed by atoms with Crippen molar-refractivity contribution in [2.75, 3.05) is 13.1 Å². The van der Waals surface area contributed by atoms with Gasteiger partial charge in [-0.2, -0.15) is 5.10 Å². The molecule has 0 bridgehead atoms. The molecule has 1 aliphatic carbocycles. The van der Waals surface area contributed by atoms with Crippen LogP contribution in [0.4, 0.5) is 0 Å². The summed E-state index contributed by atoms with van der Waals surface area (Å²) in [4.78, 5) is 9.63. The van der Waals surface area contributed by atoms with Crippen molar-refractivity contribution in [1.82, 2.24) is 23.9 Å². The van der Waals surface area contributed by atoms with Gasteiger partial charge in [-0.25, -0.2) is 18.0 Å². The third-order valence-electron chi connectivity index (χ3n) is 5.98. The highest BCUT2D eigenvalue weighted by Crippen LogP contribution is 2.36. The van der Waals surface area contributed by atoms with Crippen LogP contribution in [0.15, 0.2) is 53.4 Å². The maximum absolute atomic E-state index is 12.6. The summed E-state index contributed by atoms with van der Waals surface area (Å²) in [5.74, 6) is 0.268. The number of halogens is 1. The second-order valence-electron chi connectivity index (χ2n) is 8.07. The van der Waals surface area contributed by atoms with E-state index in [2.05, 4.69) is 42.5 Å². The molecule has 1 saturated carbocycles. The third-order valence-corrected chi connectivity index (χ3v) is 8.47. The molecule has 1 aliphatic heterocycles. The van der Waals surface area contributed by atoms with Crippen molar-refractivity contribution in [1.29, 1.82) is 0 Å². The van der Waals surface area contributed by atoms with Gasteiger partial charge < -0.3 is 0 Å². The topological polar surface area (TPSA) is 63.4 Å². The lowest BCUT2D eigenvalue weighted by Gasteiger charge is -2.15. The molecule has 2 atom stereocenters. The van der Waals surface area contributed by atoms with E-state index in [-0.39, 0.29) is 5.92 Å². The molecule has 2 fully saturated rings. The van der Waals surface area contributed by atoms with Crippen molar-refractivity contribution in [2.45, 2.75) is 30.4 Å². The molecule has 1 aromatic carbocycles. The molecular formula is C22H20BrN5OS. The molecule has 0 N–H and O–H groups in total. The second kappa shape index (κ2) is 7.21. The summed E-state index contributed by atoms with van der Waals surface area (Å²) in [6.07, 6.45) is 8.89. The van der Waals surface area contributed by atoms with E-state index in [1.54, 1.807) is 0 Å². The fraction of sp³-hybridized carbons (Fsp3) is 0.318. The predicted octanol–water partition coefficient (Wildman–Crippen LogP) is 4.32. The lowest BCUT2D eigenvalue weighted by Crippen LogP contribution is -2.25. The molecule has 6 nitrogen and oxygen atoms in total. The highest BCUT2D eigenvalue weighted by molar-refractivity contribution is 9.10. The Hall–Kier alpha value is -2.16. The van der Waals surface area contributed by atoms with Crippen molar-refractivity contribution < 1.29 is 4.21 Å². The zero-order chi connectivity index (χ0) is 20.2. The molecule has 1 saturated heterocycles. The van der Waals surface area contributed by atoms with E-state index in [0.29, 0.717) is 5.25 Å². The molecule has 6 rings (SSSR count). The van der Waals surface area contributed by atoms with Crippen LogP contribution in [0.1, 0.15) is 30.9 Å². The second-order valence-corrected chi connectivity index (χ2v) is 10.7. The molecule has 4 aromatic rings. The number of pyridine rings is 1. The van der Waals surface area contributed by atoms with Crippen LogP contribution in [0.25, 0.3) is 27.7 Å². The Morgan fingerprint density at radius 3 is 2.87 bits per heavy atom. The maximum Gasteiger partial charge on any atom is 0.163 e. The standard InChI is InChI=1S/C22H20BrN5OS/c23-19-13-28-22(26-21(19)15-7-8-27(12-15)30(29)17-5-6-17)18(11-25-28)16-9-14-3-1-2-4-20(14)24-10-16/h1-4,9-11,13,15,17H,5-8,12H2. The van der Waals surface area contributed by atoms with Crippen LogP contribution in [0, 0.1) is 0 Å². The molecule has 0 spiro atoms. The number of hydrogen-bond acceptors (Lipinski definition) is 4. The number of rotatable bonds is 4. The van der Waals surface area contributed by atoms with E-state index in [4.69, 9.17) is 4.98 Å². The van der Waals surface area contributed by atoms with Gasteiger partial charge in [0.1, 0.15) is 0 Å². The third kappa shape index (κ3) is 3.18. The van der Waals surface area contributed by atoms with Crippen LogP contribution in [0.2, 0.25) is 0 Å². The van der Waals surface area contributed by atoms with E-state index < -0.39 is 11.0 Å². The molecule has 4 heterocycles. The molecule has 2 aliphatic rings. The van der Waals surface area contributed by atoms with E-state index >= 15 is 0 Å². The summed E-state index contributed by atoms with van der Waals surface area (Å²) < 4.78 is 17.5. The van der Waals surface area contributed by atoms with E-state index in [0.717, 1.165) is 70.2 Å². The van der Waals surface area contributed by atoms with E-state index in [1.807, 2.05) is 41.3 Å². The highest BCUT2D eigenvalue weighted by atomic mass is 79.9. The molecule has 152 valence electrons. The van der Waals surface area contributed by atoms with Gasteiger partial charge in [-0.1, -0.05) is 18.2 Å². The SMILES string of the molecule is O=S(C1CC1)N1CCC(c2nc3c(-c4cnc5ccccc5c4)cnn3cc2Br)C1. The maximum atomic E-state index is 12.6. The highest BCUT2D eigenvalue weighted by Gasteiger charge is 2.37. The minimum Gasteiger partial charge on any atom is -0.256 e. The zero-order valence-electron chi connectivity index (χ0n) is 16.2. The van der Waals surface area contributed by atoms with Crippen LogP contribution in [-0.2, 0) is 11.0 Å². The van der Waals surface area contributed by atoms with Crippen molar-refractivity contribution >= 4 is 43.5 Å². The minimum atomic E-state index is -0.840. The summed E-state index contributed by atoms with van der Waals surface area (Å²) in [5.41, 5.74) is 4.80. The zero-order valence-corrected chi connectivity index (χ0v) is 18.6. The first-order valence-corrected chi connectivity index (χ1v) is 12.2. The minimum absolute atomic E-state index is 0.268. The first-order chi connectivity index (χ1) is 14.7. The van der Waals surface area contributed by atoms with Gasteiger partial charge >= 0.3 is 0 Å². The Morgan fingerprint density at radius 1 is 1.13 bits per heavy atom. The van der Waals surface area contributed by atoms with E-state index in [9.17, 15) is 4.21 Å². The Labute approximate surface area is 185 Å². The first kappa shape index (κ1) is 18.6. The van der Waals surface area contributed by atoms with Gasteiger partial charge in [-0.15, -0.1) is 0 Å². The Balaban J connectivity index is 1.38. The predicted molar refractivity (Wildman–Crippen MR) is 122 cm³/mol. The van der Waals surface area contributed by atoms with Crippen molar-refractivity contribution in [3.63, 3.8) is 0 Å². The number of fused-ring (bicyclic) bond motifs is 2. The van der Waals surface area contributed by atoms with Gasteiger partial charge in [0, 0.05) is 53.2 Å². The van der Waals surface area contributed by atoms with Crippen LogP contribution in [-0.4, -0.2) is 46.4 Å². The van der Waals surface area contributed by atoms with Gasteiger partial charge in [-0.3, -0.25) is 4.98 Å². The number of para-hydroxylation sites is 1. The van der Waals surface area contributed by atoms with Gasteiger partial charge in [0.05, 0.1) is 32.9 Å². The van der Waals surface area contributed by atoms with Gasteiger partial charge in [-0.05, 0) is 47.3 Å². The van der Waals surface area contributed by atoms with Crippen LogP contribution < -0.4 is 0 Å². The number of nitrogens with zero attached hydrogens (tertiary/aromatic N) is 5. The Kier molecular flexibility index (Phi) is 4.47. The summed E-state index contributed by atoms with van der Waals surface area (Å²) in [6.45, 7) is 1.67. The van der Waals surface area contributed by atoms with Crippen LogP contribution in [0.5, 0.6) is 0 Å². The molecular weight excluding hydrogens is 462 g/mol. The van der Waals surface area contributed by atoms with Crippen LogP contribution >= 0.6 is 15.9 Å². The van der Waals surface area contributed by atoms with Gasteiger partial charge in [0.15, 0.2) is 5.65 Å². The molecule has 0 radical (unpaired) electrons. The molecule has 3 aromatic heterocycles. The summed E-state index contributed by atoms with van der Waals surface area (Å²) in [6, 6.07) is 10.2. The smallest absolute Gasteiger partial charge is 0.163 e. The fourth-order valence-electron chi connectivity index (χ4n) is 4.21. The fourth-order valence-corrected chi connectivity index (χ4v) is 6.39. The Bertz CT molecular complexity index is 1300. The summed E-state index contributed by atoms with van der Waals surface area (Å²) >= 11 is 3.69. The van der Waals surface area contributed by atoms with Crippen molar-refractivity contribution in [3.8, 4) is 11.1 Å². The Morgan fingerprint density at radius 2 is 2.00 bits per heavy atom.